The lowest BCUT2D eigenvalue weighted by atomic mass is 10.1. The van der Waals surface area contributed by atoms with E-state index < -0.39 is 0 Å². The highest BCUT2D eigenvalue weighted by atomic mass is 35.5. The second kappa shape index (κ2) is 8.63. The minimum atomic E-state index is -0.382. The molecule has 0 atom stereocenters. The van der Waals surface area contributed by atoms with E-state index >= 15 is 0 Å². The number of Topliss-reactive ketones (excluding diaryl/α,β-unsaturated/α-hetero) is 1. The molecule has 3 aromatic rings. The molecule has 2 aromatic carbocycles. The first kappa shape index (κ1) is 19.5. The molecule has 3 rings (SSSR count). The highest BCUT2D eigenvalue weighted by Crippen LogP contribution is 2.17. The monoisotopic (exact) mass is 394 g/mol. The summed E-state index contributed by atoms with van der Waals surface area (Å²) in [6, 6.07) is 15.8. The van der Waals surface area contributed by atoms with Crippen molar-refractivity contribution in [3.63, 3.8) is 0 Å². The number of hydrogen-bond donors (Lipinski definition) is 2. The molecule has 0 aliphatic rings. The summed E-state index contributed by atoms with van der Waals surface area (Å²) >= 11 is 6.17. The van der Waals surface area contributed by atoms with Crippen LogP contribution in [0.2, 0.25) is 5.02 Å². The van der Waals surface area contributed by atoms with Crippen molar-refractivity contribution in [1.29, 1.82) is 0 Å². The molecule has 0 radical (unpaired) electrons. The fourth-order valence-electron chi connectivity index (χ4n) is 2.61. The van der Waals surface area contributed by atoms with Crippen molar-refractivity contribution in [2.24, 2.45) is 0 Å². The number of anilines is 2. The Morgan fingerprint density at radius 1 is 1.04 bits per heavy atom. The van der Waals surface area contributed by atoms with Gasteiger partial charge in [-0.2, -0.15) is 0 Å². The average molecular weight is 395 g/mol. The van der Waals surface area contributed by atoms with E-state index in [0.717, 1.165) is 5.56 Å². The Bertz CT molecular complexity index is 1040. The number of aromatic nitrogens is 2. The number of carbonyl (C=O) groups is 2. The highest BCUT2D eigenvalue weighted by Gasteiger charge is 2.12. The lowest BCUT2D eigenvalue weighted by Crippen LogP contribution is -2.16. The molecule has 1 heterocycles. The van der Waals surface area contributed by atoms with Crippen molar-refractivity contribution >= 4 is 34.8 Å². The van der Waals surface area contributed by atoms with Gasteiger partial charge in [0.2, 0.25) is 0 Å². The minimum Gasteiger partial charge on any atom is -0.366 e. The van der Waals surface area contributed by atoms with Crippen molar-refractivity contribution in [1.82, 2.24) is 9.97 Å². The van der Waals surface area contributed by atoms with Gasteiger partial charge in [-0.1, -0.05) is 41.9 Å². The molecule has 7 heteroatoms. The quantitative estimate of drug-likeness (QED) is 0.601. The smallest absolute Gasteiger partial charge is 0.274 e. The Labute approximate surface area is 168 Å². The number of rotatable bonds is 6. The minimum absolute atomic E-state index is 0.0694. The van der Waals surface area contributed by atoms with Crippen LogP contribution in [0.25, 0.3) is 0 Å². The van der Waals surface area contributed by atoms with Crippen molar-refractivity contribution in [3.8, 4) is 0 Å². The summed E-state index contributed by atoms with van der Waals surface area (Å²) < 4.78 is 0. The molecule has 6 nitrogen and oxygen atoms in total. The normalized spacial score (nSPS) is 10.4. The van der Waals surface area contributed by atoms with Crippen LogP contribution in [-0.4, -0.2) is 21.7 Å². The standard InChI is InChI=1S/C21H19ClN4O2/c1-13(27)15-7-5-8-17(10-15)26-21(28)19-11-20(25-14(2)24-19)23-12-16-6-3-4-9-18(16)22/h3-11H,12H2,1-2H3,(H,26,28)(H,23,24,25). The van der Waals surface area contributed by atoms with Crippen molar-refractivity contribution in [3.05, 3.63) is 82.3 Å². The summed E-state index contributed by atoms with van der Waals surface area (Å²) in [5.41, 5.74) is 2.20. The zero-order valence-electron chi connectivity index (χ0n) is 15.5. The van der Waals surface area contributed by atoms with E-state index in [4.69, 9.17) is 11.6 Å². The summed E-state index contributed by atoms with van der Waals surface area (Å²) in [5.74, 6) is 0.536. The zero-order chi connectivity index (χ0) is 20.1. The Morgan fingerprint density at radius 2 is 1.82 bits per heavy atom. The third-order valence-corrected chi connectivity index (χ3v) is 4.38. The summed E-state index contributed by atoms with van der Waals surface area (Å²) in [5, 5.41) is 6.58. The van der Waals surface area contributed by atoms with Crippen LogP contribution >= 0.6 is 11.6 Å². The van der Waals surface area contributed by atoms with E-state index in [1.807, 2.05) is 24.3 Å². The van der Waals surface area contributed by atoms with E-state index in [1.165, 1.54) is 6.92 Å². The van der Waals surface area contributed by atoms with Crippen LogP contribution in [0.15, 0.2) is 54.6 Å². The lowest BCUT2D eigenvalue weighted by molar-refractivity contribution is 0.100. The first-order chi connectivity index (χ1) is 13.4. The number of nitrogens with one attached hydrogen (secondary N) is 2. The van der Waals surface area contributed by atoms with E-state index in [-0.39, 0.29) is 17.4 Å². The van der Waals surface area contributed by atoms with Gasteiger partial charge in [0.25, 0.3) is 5.91 Å². The van der Waals surface area contributed by atoms with Gasteiger partial charge in [0.05, 0.1) is 0 Å². The SMILES string of the molecule is CC(=O)c1cccc(NC(=O)c2cc(NCc3ccccc3Cl)nc(C)n2)c1. The van der Waals surface area contributed by atoms with Crippen molar-refractivity contribution < 1.29 is 9.59 Å². The Balaban J connectivity index is 1.75. The number of aryl methyl sites for hydroxylation is 1. The van der Waals surface area contributed by atoms with Crippen LogP contribution in [0, 0.1) is 6.92 Å². The van der Waals surface area contributed by atoms with Crippen LogP contribution in [0.4, 0.5) is 11.5 Å². The molecule has 0 aliphatic heterocycles. The van der Waals surface area contributed by atoms with Gasteiger partial charge >= 0.3 is 0 Å². The van der Waals surface area contributed by atoms with Gasteiger partial charge in [0.15, 0.2) is 5.78 Å². The number of benzene rings is 2. The van der Waals surface area contributed by atoms with E-state index in [0.29, 0.717) is 34.5 Å². The predicted octanol–water partition coefficient (Wildman–Crippen LogP) is 4.51. The average Bonchev–Trinajstić information content (AvgIpc) is 2.67. The van der Waals surface area contributed by atoms with Gasteiger partial charge in [0, 0.05) is 28.9 Å². The van der Waals surface area contributed by atoms with E-state index in [1.54, 1.807) is 37.3 Å². The van der Waals surface area contributed by atoms with E-state index in [2.05, 4.69) is 20.6 Å². The van der Waals surface area contributed by atoms with Gasteiger partial charge in [-0.25, -0.2) is 9.97 Å². The number of hydrogen-bond acceptors (Lipinski definition) is 5. The molecular weight excluding hydrogens is 376 g/mol. The summed E-state index contributed by atoms with van der Waals surface area (Å²) in [6.07, 6.45) is 0. The second-order valence-corrected chi connectivity index (χ2v) is 6.63. The largest absolute Gasteiger partial charge is 0.366 e. The van der Waals surface area contributed by atoms with Gasteiger partial charge in [-0.15, -0.1) is 0 Å². The molecule has 0 saturated heterocycles. The molecule has 1 aromatic heterocycles. The van der Waals surface area contributed by atoms with E-state index in [9.17, 15) is 9.59 Å². The molecule has 1 amide bonds. The molecule has 2 N–H and O–H groups in total. The topological polar surface area (TPSA) is 84.0 Å². The maximum atomic E-state index is 12.6. The zero-order valence-corrected chi connectivity index (χ0v) is 16.2. The van der Waals surface area contributed by atoms with Crippen molar-refractivity contribution in [2.75, 3.05) is 10.6 Å². The molecule has 0 saturated carbocycles. The maximum absolute atomic E-state index is 12.6. The third-order valence-electron chi connectivity index (χ3n) is 4.02. The second-order valence-electron chi connectivity index (χ2n) is 6.22. The van der Waals surface area contributed by atoms with Gasteiger partial charge in [-0.3, -0.25) is 9.59 Å². The number of carbonyl (C=O) groups excluding carboxylic acids is 2. The van der Waals surface area contributed by atoms with Crippen LogP contribution < -0.4 is 10.6 Å². The molecule has 0 aliphatic carbocycles. The molecule has 0 fully saturated rings. The number of halogens is 1. The maximum Gasteiger partial charge on any atom is 0.274 e. The number of amides is 1. The molecule has 142 valence electrons. The van der Waals surface area contributed by atoms with Crippen molar-refractivity contribution in [2.45, 2.75) is 20.4 Å². The van der Waals surface area contributed by atoms with Gasteiger partial charge in [-0.05, 0) is 37.6 Å². The summed E-state index contributed by atoms with van der Waals surface area (Å²) in [4.78, 5) is 32.6. The fraction of sp³-hybridized carbons (Fsp3) is 0.143. The van der Waals surface area contributed by atoms with Gasteiger partial charge < -0.3 is 10.6 Å². The van der Waals surface area contributed by atoms with Crippen LogP contribution in [0.3, 0.4) is 0 Å². The summed E-state index contributed by atoms with van der Waals surface area (Å²) in [6.45, 7) is 3.66. The van der Waals surface area contributed by atoms with Crippen LogP contribution in [0.5, 0.6) is 0 Å². The Hall–Kier alpha value is -3.25. The highest BCUT2D eigenvalue weighted by molar-refractivity contribution is 6.31. The molecule has 0 bridgehead atoms. The number of nitrogens with zero attached hydrogens (tertiary/aromatic N) is 2. The van der Waals surface area contributed by atoms with Gasteiger partial charge in [0.1, 0.15) is 17.3 Å². The van der Waals surface area contributed by atoms with Crippen LogP contribution in [0.1, 0.15) is 39.2 Å². The Kier molecular flexibility index (Phi) is 6.01. The molecule has 28 heavy (non-hydrogen) atoms. The molecule has 0 spiro atoms. The fourth-order valence-corrected chi connectivity index (χ4v) is 2.82. The Morgan fingerprint density at radius 3 is 2.57 bits per heavy atom. The predicted molar refractivity (Wildman–Crippen MR) is 110 cm³/mol. The lowest BCUT2D eigenvalue weighted by Gasteiger charge is -2.10. The first-order valence-corrected chi connectivity index (χ1v) is 9.05. The van der Waals surface area contributed by atoms with Crippen LogP contribution in [-0.2, 0) is 6.54 Å². The third kappa shape index (κ3) is 4.92. The molecular formula is C21H19ClN4O2. The number of ketones is 1. The molecule has 0 unspecified atom stereocenters. The first-order valence-electron chi connectivity index (χ1n) is 8.67. The summed E-state index contributed by atoms with van der Waals surface area (Å²) in [7, 11) is 0.